The molecule has 0 amide bonds. The van der Waals surface area contributed by atoms with Gasteiger partial charge in [0.05, 0.1) is 0 Å². The third-order valence-electron chi connectivity index (χ3n) is 2.99. The highest BCUT2D eigenvalue weighted by atomic mass is 31.2. The van der Waals surface area contributed by atoms with Crippen molar-refractivity contribution in [2.75, 3.05) is 28.4 Å². The molecule has 0 saturated carbocycles. The molecule has 0 aliphatic heterocycles. The zero-order valence-corrected chi connectivity index (χ0v) is 15.3. The minimum Gasteiger partial charge on any atom is -0.457 e. The van der Waals surface area contributed by atoms with E-state index in [2.05, 4.69) is 0 Å². The molecule has 5 nitrogen and oxygen atoms in total. The molecular weight excluding hydrogens is 334 g/mol. The van der Waals surface area contributed by atoms with Crippen molar-refractivity contribution in [3.05, 3.63) is 48.5 Å². The second kappa shape index (κ2) is 9.29. The highest BCUT2D eigenvalue weighted by molar-refractivity contribution is 7.56. The molecule has 0 radical (unpaired) electrons. The van der Waals surface area contributed by atoms with Gasteiger partial charge in [0.1, 0.15) is 11.5 Å². The van der Waals surface area contributed by atoms with Gasteiger partial charge in [-0.3, -0.25) is 0 Å². The van der Waals surface area contributed by atoms with Crippen molar-refractivity contribution < 1.29 is 22.8 Å². The van der Waals surface area contributed by atoms with E-state index in [1.54, 1.807) is 28.4 Å². The van der Waals surface area contributed by atoms with E-state index in [0.29, 0.717) is 0 Å². The summed E-state index contributed by atoms with van der Waals surface area (Å²) in [5.41, 5.74) is 0. The van der Waals surface area contributed by atoms with Gasteiger partial charge in [0.2, 0.25) is 16.8 Å². The number of ether oxygens (including phenoxy) is 1. The van der Waals surface area contributed by atoms with Crippen molar-refractivity contribution in [2.45, 2.75) is 0 Å². The Balaban J connectivity index is 2.04. The van der Waals surface area contributed by atoms with Gasteiger partial charge in [-0.1, -0.05) is 0 Å². The van der Waals surface area contributed by atoms with E-state index in [0.717, 1.165) is 22.1 Å². The van der Waals surface area contributed by atoms with Crippen LogP contribution in [0.2, 0.25) is 0 Å². The predicted octanol–water partition coefficient (Wildman–Crippen LogP) is 3.94. The van der Waals surface area contributed by atoms with E-state index in [4.69, 9.17) is 22.8 Å². The fourth-order valence-electron chi connectivity index (χ4n) is 1.98. The number of benzene rings is 2. The minimum atomic E-state index is -1.02. The molecule has 0 heterocycles. The molecular formula is C16H20O5P2. The SMILES string of the molecule is COP(OC)c1ccc(Oc2ccc(P(OC)OC)cc2)cc1. The first-order valence-electron chi connectivity index (χ1n) is 6.86. The van der Waals surface area contributed by atoms with Crippen LogP contribution in [-0.2, 0) is 18.1 Å². The van der Waals surface area contributed by atoms with Crippen molar-refractivity contribution in [1.82, 2.24) is 0 Å². The van der Waals surface area contributed by atoms with Crippen molar-refractivity contribution in [3.63, 3.8) is 0 Å². The van der Waals surface area contributed by atoms with Crippen LogP contribution >= 0.6 is 16.8 Å². The zero-order valence-electron chi connectivity index (χ0n) is 13.6. The first-order chi connectivity index (χ1) is 11.2. The monoisotopic (exact) mass is 354 g/mol. The molecule has 0 aliphatic carbocycles. The first kappa shape index (κ1) is 18.3. The average molecular weight is 354 g/mol. The van der Waals surface area contributed by atoms with Crippen LogP contribution in [0.25, 0.3) is 0 Å². The quantitative estimate of drug-likeness (QED) is 0.672. The van der Waals surface area contributed by atoms with E-state index in [1.807, 2.05) is 48.5 Å². The van der Waals surface area contributed by atoms with Gasteiger partial charge in [-0.15, -0.1) is 0 Å². The Hall–Kier alpha value is -1.06. The second-order valence-corrected chi connectivity index (χ2v) is 7.86. The summed E-state index contributed by atoms with van der Waals surface area (Å²) in [6.07, 6.45) is 0. The lowest BCUT2D eigenvalue weighted by Crippen LogP contribution is -2.03. The molecule has 0 atom stereocenters. The van der Waals surface area contributed by atoms with Gasteiger partial charge in [0, 0.05) is 39.0 Å². The van der Waals surface area contributed by atoms with E-state index < -0.39 is 16.8 Å². The Labute approximate surface area is 139 Å². The Kier molecular flexibility index (Phi) is 7.38. The summed E-state index contributed by atoms with van der Waals surface area (Å²) in [6.45, 7) is 0. The molecule has 0 spiro atoms. The maximum Gasteiger partial charge on any atom is 0.204 e. The average Bonchev–Trinajstić information content (AvgIpc) is 2.60. The van der Waals surface area contributed by atoms with E-state index in [-0.39, 0.29) is 0 Å². The summed E-state index contributed by atoms with van der Waals surface area (Å²) >= 11 is 0. The normalized spacial score (nSPS) is 11.2. The molecule has 23 heavy (non-hydrogen) atoms. The summed E-state index contributed by atoms with van der Waals surface area (Å²) < 4.78 is 27.0. The number of rotatable bonds is 8. The summed E-state index contributed by atoms with van der Waals surface area (Å²) in [4.78, 5) is 0. The molecule has 0 fully saturated rings. The minimum absolute atomic E-state index is 0.754. The van der Waals surface area contributed by atoms with Gasteiger partial charge < -0.3 is 22.8 Å². The van der Waals surface area contributed by atoms with Crippen LogP contribution in [0.4, 0.5) is 0 Å². The Morgan fingerprint density at radius 1 is 0.522 bits per heavy atom. The fraction of sp³-hybridized carbons (Fsp3) is 0.250. The first-order valence-corrected chi connectivity index (χ1v) is 9.22. The standard InChI is InChI=1S/C16H20O5P2/c1-17-22(18-2)15-9-5-13(6-10-15)21-14-7-11-16(12-8-14)23(19-3)20-4/h5-12H,1-4H3. The lowest BCUT2D eigenvalue weighted by Gasteiger charge is -2.14. The van der Waals surface area contributed by atoms with Crippen LogP contribution in [-0.4, -0.2) is 28.4 Å². The molecule has 7 heteroatoms. The Bertz CT molecular complexity index is 527. The summed E-state index contributed by atoms with van der Waals surface area (Å²) in [5, 5.41) is 2.00. The third kappa shape index (κ3) is 4.95. The molecule has 0 N–H and O–H groups in total. The highest BCUT2D eigenvalue weighted by Crippen LogP contribution is 2.36. The maximum atomic E-state index is 5.83. The maximum absolute atomic E-state index is 5.83. The number of hydrogen-bond donors (Lipinski definition) is 0. The van der Waals surface area contributed by atoms with Crippen molar-refractivity contribution in [1.29, 1.82) is 0 Å². The largest absolute Gasteiger partial charge is 0.457 e. The van der Waals surface area contributed by atoms with Crippen LogP contribution in [0.3, 0.4) is 0 Å². The van der Waals surface area contributed by atoms with Gasteiger partial charge in [-0.2, -0.15) is 0 Å². The topological polar surface area (TPSA) is 46.2 Å². The summed E-state index contributed by atoms with van der Waals surface area (Å²) in [6, 6.07) is 15.4. The fourth-order valence-corrected chi connectivity index (χ4v) is 3.91. The van der Waals surface area contributed by atoms with Crippen molar-refractivity contribution >= 4 is 27.4 Å². The highest BCUT2D eigenvalue weighted by Gasteiger charge is 2.11. The molecule has 0 unspecified atom stereocenters. The third-order valence-corrected chi connectivity index (χ3v) is 5.76. The molecule has 2 aromatic carbocycles. The molecule has 0 saturated heterocycles. The summed E-state index contributed by atoms with van der Waals surface area (Å²) in [5.74, 6) is 1.51. The van der Waals surface area contributed by atoms with Gasteiger partial charge in [-0.25, -0.2) is 0 Å². The molecule has 0 bridgehead atoms. The van der Waals surface area contributed by atoms with Gasteiger partial charge >= 0.3 is 0 Å². The predicted molar refractivity (Wildman–Crippen MR) is 94.1 cm³/mol. The number of hydrogen-bond acceptors (Lipinski definition) is 5. The molecule has 2 rings (SSSR count). The van der Waals surface area contributed by atoms with E-state index in [1.165, 1.54) is 0 Å². The molecule has 124 valence electrons. The van der Waals surface area contributed by atoms with Crippen LogP contribution in [0, 0.1) is 0 Å². The van der Waals surface area contributed by atoms with E-state index in [9.17, 15) is 0 Å². The van der Waals surface area contributed by atoms with Crippen LogP contribution < -0.4 is 15.3 Å². The second-order valence-electron chi connectivity index (χ2n) is 4.33. The van der Waals surface area contributed by atoms with Crippen LogP contribution in [0.5, 0.6) is 11.5 Å². The lowest BCUT2D eigenvalue weighted by molar-refractivity contribution is 0.350. The van der Waals surface area contributed by atoms with Crippen LogP contribution in [0.15, 0.2) is 48.5 Å². The van der Waals surface area contributed by atoms with Crippen molar-refractivity contribution in [2.24, 2.45) is 0 Å². The zero-order chi connectivity index (χ0) is 16.7. The van der Waals surface area contributed by atoms with Gasteiger partial charge in [-0.05, 0) is 48.5 Å². The molecule has 2 aromatic rings. The molecule has 0 aromatic heterocycles. The van der Waals surface area contributed by atoms with E-state index >= 15 is 0 Å². The smallest absolute Gasteiger partial charge is 0.204 e. The Morgan fingerprint density at radius 2 is 0.826 bits per heavy atom. The summed E-state index contributed by atoms with van der Waals surface area (Å²) in [7, 11) is 4.50. The molecule has 0 aliphatic rings. The van der Waals surface area contributed by atoms with Crippen LogP contribution in [0.1, 0.15) is 0 Å². The Morgan fingerprint density at radius 3 is 1.09 bits per heavy atom. The lowest BCUT2D eigenvalue weighted by atomic mass is 10.3. The van der Waals surface area contributed by atoms with Gasteiger partial charge in [0.25, 0.3) is 0 Å². The van der Waals surface area contributed by atoms with Gasteiger partial charge in [0.15, 0.2) is 0 Å². The van der Waals surface area contributed by atoms with Crippen molar-refractivity contribution in [3.8, 4) is 11.5 Å².